The van der Waals surface area contributed by atoms with Crippen molar-refractivity contribution in [3.8, 4) is 6.07 Å². The van der Waals surface area contributed by atoms with Crippen molar-refractivity contribution in [3.05, 3.63) is 21.9 Å². The topological polar surface area (TPSA) is 56.0 Å². The Kier molecular flexibility index (Phi) is 5.33. The second-order valence-electron chi connectivity index (χ2n) is 3.45. The molecule has 0 aliphatic rings. The first-order valence-electron chi connectivity index (χ1n) is 5.14. The summed E-state index contributed by atoms with van der Waals surface area (Å²) in [6.45, 7) is 3.41. The van der Waals surface area contributed by atoms with Crippen LogP contribution in [0, 0.1) is 11.3 Å². The maximum absolute atomic E-state index is 9.47. The van der Waals surface area contributed by atoms with Crippen LogP contribution in [-0.4, -0.2) is 17.8 Å². The summed E-state index contributed by atoms with van der Waals surface area (Å²) in [5.74, 6) is 0. The SMILES string of the molecule is CCCC(O)CNCc1ccc(C#N)s1. The molecular formula is C11H16N2OS. The zero-order valence-electron chi connectivity index (χ0n) is 8.86. The van der Waals surface area contributed by atoms with Gasteiger partial charge in [0.05, 0.1) is 6.10 Å². The van der Waals surface area contributed by atoms with Crippen molar-refractivity contribution in [1.82, 2.24) is 5.32 Å². The molecule has 0 fully saturated rings. The fourth-order valence-electron chi connectivity index (χ4n) is 1.33. The van der Waals surface area contributed by atoms with Crippen molar-refractivity contribution < 1.29 is 5.11 Å². The highest BCUT2D eigenvalue weighted by Gasteiger charge is 2.03. The van der Waals surface area contributed by atoms with Gasteiger partial charge in [0, 0.05) is 18.0 Å². The number of aliphatic hydroxyl groups is 1. The summed E-state index contributed by atoms with van der Waals surface area (Å²) in [6.07, 6.45) is 1.58. The molecule has 1 heterocycles. The van der Waals surface area contributed by atoms with Crippen LogP contribution in [0.2, 0.25) is 0 Å². The molecular weight excluding hydrogens is 208 g/mol. The molecule has 1 aromatic rings. The summed E-state index contributed by atoms with van der Waals surface area (Å²) < 4.78 is 0. The standard InChI is InChI=1S/C11H16N2OS/c1-2-3-9(14)7-13-8-11-5-4-10(6-12)15-11/h4-5,9,13-14H,2-3,7-8H2,1H3. The van der Waals surface area contributed by atoms with Gasteiger partial charge in [-0.3, -0.25) is 0 Å². The molecule has 1 atom stereocenters. The second kappa shape index (κ2) is 6.57. The number of hydrogen-bond donors (Lipinski definition) is 2. The van der Waals surface area contributed by atoms with E-state index in [2.05, 4.69) is 18.3 Å². The number of rotatable bonds is 6. The van der Waals surface area contributed by atoms with E-state index in [0.29, 0.717) is 6.54 Å². The van der Waals surface area contributed by atoms with Crippen LogP contribution in [0.5, 0.6) is 0 Å². The first-order valence-corrected chi connectivity index (χ1v) is 5.95. The van der Waals surface area contributed by atoms with Crippen molar-refractivity contribution in [2.45, 2.75) is 32.4 Å². The molecule has 82 valence electrons. The lowest BCUT2D eigenvalue weighted by atomic mass is 10.2. The molecule has 0 radical (unpaired) electrons. The molecule has 1 aromatic heterocycles. The number of nitriles is 1. The predicted molar refractivity (Wildman–Crippen MR) is 61.7 cm³/mol. The average Bonchev–Trinajstić information content (AvgIpc) is 2.66. The Bertz CT molecular complexity index is 330. The summed E-state index contributed by atoms with van der Waals surface area (Å²) in [6, 6.07) is 5.88. The molecule has 1 unspecified atom stereocenters. The Morgan fingerprint density at radius 1 is 1.60 bits per heavy atom. The fraction of sp³-hybridized carbons (Fsp3) is 0.545. The number of aliphatic hydroxyl groups excluding tert-OH is 1. The molecule has 4 heteroatoms. The Morgan fingerprint density at radius 3 is 3.00 bits per heavy atom. The molecule has 0 aliphatic carbocycles. The number of thiophene rings is 1. The van der Waals surface area contributed by atoms with E-state index in [1.807, 2.05) is 12.1 Å². The van der Waals surface area contributed by atoms with Gasteiger partial charge >= 0.3 is 0 Å². The largest absolute Gasteiger partial charge is 0.392 e. The van der Waals surface area contributed by atoms with Gasteiger partial charge < -0.3 is 10.4 Å². The monoisotopic (exact) mass is 224 g/mol. The van der Waals surface area contributed by atoms with E-state index in [-0.39, 0.29) is 6.10 Å². The zero-order chi connectivity index (χ0) is 11.1. The van der Waals surface area contributed by atoms with Gasteiger partial charge in [-0.15, -0.1) is 11.3 Å². The molecule has 0 aliphatic heterocycles. The van der Waals surface area contributed by atoms with E-state index >= 15 is 0 Å². The van der Waals surface area contributed by atoms with Gasteiger partial charge in [-0.1, -0.05) is 13.3 Å². The van der Waals surface area contributed by atoms with Crippen LogP contribution in [0.1, 0.15) is 29.5 Å². The minimum atomic E-state index is -0.259. The van der Waals surface area contributed by atoms with Gasteiger partial charge in [0.1, 0.15) is 10.9 Å². The van der Waals surface area contributed by atoms with Crippen LogP contribution in [0.25, 0.3) is 0 Å². The molecule has 15 heavy (non-hydrogen) atoms. The van der Waals surface area contributed by atoms with E-state index in [4.69, 9.17) is 5.26 Å². The quantitative estimate of drug-likeness (QED) is 0.775. The van der Waals surface area contributed by atoms with Crippen LogP contribution < -0.4 is 5.32 Å². The number of hydrogen-bond acceptors (Lipinski definition) is 4. The molecule has 0 bridgehead atoms. The molecule has 3 nitrogen and oxygen atoms in total. The van der Waals surface area contributed by atoms with Gasteiger partial charge in [-0.2, -0.15) is 5.26 Å². The fourth-order valence-corrected chi connectivity index (χ4v) is 2.10. The normalized spacial score (nSPS) is 12.3. The molecule has 0 amide bonds. The molecule has 2 N–H and O–H groups in total. The van der Waals surface area contributed by atoms with Crippen molar-refractivity contribution >= 4 is 11.3 Å². The van der Waals surface area contributed by atoms with E-state index in [1.54, 1.807) is 0 Å². The number of nitrogens with one attached hydrogen (secondary N) is 1. The minimum absolute atomic E-state index is 0.259. The third-order valence-electron chi connectivity index (χ3n) is 2.07. The summed E-state index contributed by atoms with van der Waals surface area (Å²) in [5, 5.41) is 21.3. The number of nitrogens with zero attached hydrogens (tertiary/aromatic N) is 1. The van der Waals surface area contributed by atoms with Crippen molar-refractivity contribution in [2.75, 3.05) is 6.54 Å². The zero-order valence-corrected chi connectivity index (χ0v) is 9.68. The lowest BCUT2D eigenvalue weighted by Gasteiger charge is -2.09. The molecule has 0 saturated carbocycles. The molecule has 0 aromatic carbocycles. The third kappa shape index (κ3) is 4.43. The van der Waals surface area contributed by atoms with Crippen LogP contribution >= 0.6 is 11.3 Å². The maximum Gasteiger partial charge on any atom is 0.110 e. The van der Waals surface area contributed by atoms with Crippen molar-refractivity contribution in [2.24, 2.45) is 0 Å². The Labute approximate surface area is 94.4 Å². The smallest absolute Gasteiger partial charge is 0.110 e. The van der Waals surface area contributed by atoms with Crippen LogP contribution in [-0.2, 0) is 6.54 Å². The Balaban J connectivity index is 2.23. The summed E-state index contributed by atoms with van der Waals surface area (Å²) in [5.41, 5.74) is 0. The average molecular weight is 224 g/mol. The summed E-state index contributed by atoms with van der Waals surface area (Å²) >= 11 is 1.49. The van der Waals surface area contributed by atoms with Gasteiger partial charge in [0.15, 0.2) is 0 Å². The van der Waals surface area contributed by atoms with E-state index in [0.717, 1.165) is 29.1 Å². The van der Waals surface area contributed by atoms with Gasteiger partial charge in [0.25, 0.3) is 0 Å². The van der Waals surface area contributed by atoms with Crippen molar-refractivity contribution in [3.63, 3.8) is 0 Å². The van der Waals surface area contributed by atoms with Crippen LogP contribution in [0.4, 0.5) is 0 Å². The third-order valence-corrected chi connectivity index (χ3v) is 3.06. The van der Waals surface area contributed by atoms with E-state index in [9.17, 15) is 5.11 Å². The highest BCUT2D eigenvalue weighted by atomic mass is 32.1. The van der Waals surface area contributed by atoms with Gasteiger partial charge in [-0.05, 0) is 18.6 Å². The van der Waals surface area contributed by atoms with Crippen molar-refractivity contribution in [1.29, 1.82) is 5.26 Å². The summed E-state index contributed by atoms with van der Waals surface area (Å²) in [7, 11) is 0. The first-order chi connectivity index (χ1) is 7.26. The van der Waals surface area contributed by atoms with Crippen LogP contribution in [0.15, 0.2) is 12.1 Å². The highest BCUT2D eigenvalue weighted by Crippen LogP contribution is 2.14. The van der Waals surface area contributed by atoms with E-state index in [1.165, 1.54) is 11.3 Å². The molecule has 0 saturated heterocycles. The highest BCUT2D eigenvalue weighted by molar-refractivity contribution is 7.12. The first kappa shape index (κ1) is 12.2. The predicted octanol–water partition coefficient (Wildman–Crippen LogP) is 1.87. The lowest BCUT2D eigenvalue weighted by Crippen LogP contribution is -2.25. The molecule has 1 rings (SSSR count). The van der Waals surface area contributed by atoms with Gasteiger partial charge in [0.2, 0.25) is 0 Å². The van der Waals surface area contributed by atoms with Gasteiger partial charge in [-0.25, -0.2) is 0 Å². The Hall–Kier alpha value is -0.890. The summed E-state index contributed by atoms with van der Waals surface area (Å²) in [4.78, 5) is 1.87. The lowest BCUT2D eigenvalue weighted by molar-refractivity contribution is 0.160. The Morgan fingerprint density at radius 2 is 2.40 bits per heavy atom. The minimum Gasteiger partial charge on any atom is -0.392 e. The van der Waals surface area contributed by atoms with Crippen LogP contribution in [0.3, 0.4) is 0 Å². The molecule has 0 spiro atoms. The van der Waals surface area contributed by atoms with E-state index < -0.39 is 0 Å². The maximum atomic E-state index is 9.47. The second-order valence-corrected chi connectivity index (χ2v) is 4.62.